The Bertz CT molecular complexity index is 1030. The number of carbonyl (C=O) groups excluding carboxylic acids is 1. The Hall–Kier alpha value is -2.92. The van der Waals surface area contributed by atoms with Gasteiger partial charge >= 0.3 is 0 Å². The number of nitrogens with one attached hydrogen (secondary N) is 1. The molecule has 1 amide bonds. The maximum atomic E-state index is 11.8. The van der Waals surface area contributed by atoms with Crippen LogP contribution in [0.3, 0.4) is 0 Å². The van der Waals surface area contributed by atoms with E-state index in [1.54, 1.807) is 7.11 Å². The van der Waals surface area contributed by atoms with Gasteiger partial charge in [-0.15, -0.1) is 0 Å². The maximum Gasteiger partial charge on any atom is 0.221 e. The molecule has 150 valence electrons. The first-order valence-electron chi connectivity index (χ1n) is 10.1. The van der Waals surface area contributed by atoms with Gasteiger partial charge in [-0.3, -0.25) is 9.69 Å². The molecule has 0 spiro atoms. The van der Waals surface area contributed by atoms with Gasteiger partial charge in [0.15, 0.2) is 0 Å². The predicted molar refractivity (Wildman–Crippen MR) is 116 cm³/mol. The molecule has 2 heterocycles. The van der Waals surface area contributed by atoms with Gasteiger partial charge in [-0.05, 0) is 61.4 Å². The summed E-state index contributed by atoms with van der Waals surface area (Å²) in [7, 11) is 1.67. The van der Waals surface area contributed by atoms with Gasteiger partial charge in [0.2, 0.25) is 5.91 Å². The van der Waals surface area contributed by atoms with E-state index in [2.05, 4.69) is 60.5 Å². The van der Waals surface area contributed by atoms with Crippen molar-refractivity contribution in [1.29, 1.82) is 0 Å². The lowest BCUT2D eigenvalue weighted by Gasteiger charge is -2.27. The van der Waals surface area contributed by atoms with E-state index in [1.807, 2.05) is 12.1 Å². The molecule has 1 unspecified atom stereocenters. The standard InChI is InChI=1S/C24H27N3O2/c1-16-4-5-19-13-20(15-27-11-10-23(28)25-14-17(27)2)24(26-22(19)12-16)18-6-8-21(29-3)9-7-18/h4-9,12-13,17H,10-11,14-15H2,1-3H3,(H,25,28). The van der Waals surface area contributed by atoms with Crippen molar-refractivity contribution in [1.82, 2.24) is 15.2 Å². The van der Waals surface area contributed by atoms with Gasteiger partial charge in [0.1, 0.15) is 5.75 Å². The van der Waals surface area contributed by atoms with Gasteiger partial charge in [0.05, 0.1) is 18.3 Å². The van der Waals surface area contributed by atoms with Crippen molar-refractivity contribution in [3.05, 3.63) is 59.7 Å². The number of hydrogen-bond acceptors (Lipinski definition) is 4. The molecule has 1 fully saturated rings. The van der Waals surface area contributed by atoms with Crippen molar-refractivity contribution in [2.45, 2.75) is 32.9 Å². The van der Waals surface area contributed by atoms with Crippen LogP contribution < -0.4 is 10.1 Å². The SMILES string of the molecule is COc1ccc(-c2nc3cc(C)ccc3cc2CN2CCC(=O)NCC2C)cc1. The van der Waals surface area contributed by atoms with E-state index in [4.69, 9.17) is 9.72 Å². The summed E-state index contributed by atoms with van der Waals surface area (Å²) in [5, 5.41) is 4.13. The highest BCUT2D eigenvalue weighted by Gasteiger charge is 2.22. The highest BCUT2D eigenvalue weighted by Crippen LogP contribution is 2.29. The minimum atomic E-state index is 0.127. The average molecular weight is 389 g/mol. The van der Waals surface area contributed by atoms with Crippen molar-refractivity contribution in [3.63, 3.8) is 0 Å². The van der Waals surface area contributed by atoms with Crippen molar-refractivity contribution >= 4 is 16.8 Å². The molecule has 0 aliphatic carbocycles. The van der Waals surface area contributed by atoms with Crippen LogP contribution in [0.25, 0.3) is 22.2 Å². The number of nitrogens with zero attached hydrogens (tertiary/aromatic N) is 2. The minimum Gasteiger partial charge on any atom is -0.497 e. The monoisotopic (exact) mass is 389 g/mol. The first-order chi connectivity index (χ1) is 14.0. The van der Waals surface area contributed by atoms with Crippen molar-refractivity contribution in [2.24, 2.45) is 0 Å². The molecule has 1 aliphatic heterocycles. The van der Waals surface area contributed by atoms with Crippen LogP contribution in [0.2, 0.25) is 0 Å². The van der Waals surface area contributed by atoms with Crippen LogP contribution in [0.5, 0.6) is 5.75 Å². The zero-order valence-electron chi connectivity index (χ0n) is 17.2. The van der Waals surface area contributed by atoms with E-state index < -0.39 is 0 Å². The Kier molecular flexibility index (Phi) is 5.49. The van der Waals surface area contributed by atoms with Crippen LogP contribution in [0.1, 0.15) is 24.5 Å². The molecule has 3 aromatic rings. The summed E-state index contributed by atoms with van der Waals surface area (Å²) in [4.78, 5) is 19.2. The number of benzene rings is 2. The molecule has 0 saturated carbocycles. The second-order valence-electron chi connectivity index (χ2n) is 7.79. The molecule has 1 N–H and O–H groups in total. The topological polar surface area (TPSA) is 54.5 Å². The molecule has 5 heteroatoms. The summed E-state index contributed by atoms with van der Waals surface area (Å²) in [5.74, 6) is 0.958. The Balaban J connectivity index is 1.77. The van der Waals surface area contributed by atoms with Crippen molar-refractivity contribution in [2.75, 3.05) is 20.2 Å². The van der Waals surface area contributed by atoms with Gasteiger partial charge < -0.3 is 10.1 Å². The second kappa shape index (κ2) is 8.21. The average Bonchev–Trinajstić information content (AvgIpc) is 2.89. The molecule has 1 aromatic heterocycles. The first kappa shape index (κ1) is 19.4. The smallest absolute Gasteiger partial charge is 0.221 e. The number of ether oxygens (including phenoxy) is 1. The summed E-state index contributed by atoms with van der Waals surface area (Å²) < 4.78 is 5.31. The van der Waals surface area contributed by atoms with E-state index in [1.165, 1.54) is 11.1 Å². The van der Waals surface area contributed by atoms with Gasteiger partial charge in [0.25, 0.3) is 0 Å². The normalized spacial score (nSPS) is 17.8. The highest BCUT2D eigenvalue weighted by atomic mass is 16.5. The molecule has 29 heavy (non-hydrogen) atoms. The fourth-order valence-corrected chi connectivity index (χ4v) is 3.84. The molecule has 0 bridgehead atoms. The lowest BCUT2D eigenvalue weighted by Crippen LogP contribution is -2.37. The van der Waals surface area contributed by atoms with Crippen LogP contribution in [-0.4, -0.2) is 42.0 Å². The third-order valence-electron chi connectivity index (χ3n) is 5.63. The van der Waals surface area contributed by atoms with E-state index in [-0.39, 0.29) is 11.9 Å². The first-order valence-corrected chi connectivity index (χ1v) is 10.1. The van der Waals surface area contributed by atoms with E-state index >= 15 is 0 Å². The Morgan fingerprint density at radius 3 is 2.72 bits per heavy atom. The Labute approximate surface area is 171 Å². The number of methoxy groups -OCH3 is 1. The quantitative estimate of drug-likeness (QED) is 0.735. The summed E-state index contributed by atoms with van der Waals surface area (Å²) in [6, 6.07) is 17.0. The van der Waals surface area contributed by atoms with E-state index in [0.29, 0.717) is 13.0 Å². The zero-order chi connectivity index (χ0) is 20.4. The van der Waals surface area contributed by atoms with E-state index in [9.17, 15) is 4.79 Å². The lowest BCUT2D eigenvalue weighted by molar-refractivity contribution is -0.120. The zero-order valence-corrected chi connectivity index (χ0v) is 17.2. The fourth-order valence-electron chi connectivity index (χ4n) is 3.84. The summed E-state index contributed by atoms with van der Waals surface area (Å²) in [5.41, 5.74) is 5.43. The molecule has 0 radical (unpaired) electrons. The molecule has 2 aromatic carbocycles. The molecule has 5 nitrogen and oxygen atoms in total. The van der Waals surface area contributed by atoms with Crippen molar-refractivity contribution < 1.29 is 9.53 Å². The molecular formula is C24H27N3O2. The molecule has 1 saturated heterocycles. The number of aryl methyl sites for hydroxylation is 1. The second-order valence-corrected chi connectivity index (χ2v) is 7.79. The predicted octanol–water partition coefficient (Wildman–Crippen LogP) is 3.93. The molecular weight excluding hydrogens is 362 g/mol. The number of amides is 1. The van der Waals surface area contributed by atoms with Crippen LogP contribution in [-0.2, 0) is 11.3 Å². The van der Waals surface area contributed by atoms with Crippen LogP contribution in [0, 0.1) is 6.92 Å². The van der Waals surface area contributed by atoms with Crippen LogP contribution in [0.4, 0.5) is 0 Å². The summed E-state index contributed by atoms with van der Waals surface area (Å²) >= 11 is 0. The minimum absolute atomic E-state index is 0.127. The largest absolute Gasteiger partial charge is 0.497 e. The summed E-state index contributed by atoms with van der Waals surface area (Å²) in [6.45, 7) is 6.44. The number of fused-ring (bicyclic) bond motifs is 1. The molecule has 1 aliphatic rings. The fraction of sp³-hybridized carbons (Fsp3) is 0.333. The number of hydrogen-bond donors (Lipinski definition) is 1. The third-order valence-corrected chi connectivity index (χ3v) is 5.63. The number of rotatable bonds is 4. The third kappa shape index (κ3) is 4.25. The van der Waals surface area contributed by atoms with Gasteiger partial charge in [-0.1, -0.05) is 12.1 Å². The maximum absolute atomic E-state index is 11.8. The van der Waals surface area contributed by atoms with Gasteiger partial charge in [-0.25, -0.2) is 4.98 Å². The van der Waals surface area contributed by atoms with Crippen LogP contribution in [0.15, 0.2) is 48.5 Å². The van der Waals surface area contributed by atoms with Crippen molar-refractivity contribution in [3.8, 4) is 17.0 Å². The summed E-state index contributed by atoms with van der Waals surface area (Å²) in [6.07, 6.45) is 0.530. The number of pyridine rings is 1. The highest BCUT2D eigenvalue weighted by molar-refractivity contribution is 5.84. The Morgan fingerprint density at radius 1 is 1.17 bits per heavy atom. The van der Waals surface area contributed by atoms with Crippen LogP contribution >= 0.6 is 0 Å². The molecule has 4 rings (SSSR count). The number of carbonyl (C=O) groups is 1. The number of aromatic nitrogens is 1. The molecule has 1 atom stereocenters. The lowest BCUT2D eigenvalue weighted by atomic mass is 10.0. The van der Waals surface area contributed by atoms with Gasteiger partial charge in [-0.2, -0.15) is 0 Å². The Morgan fingerprint density at radius 2 is 1.97 bits per heavy atom. The van der Waals surface area contributed by atoms with Gasteiger partial charge in [0, 0.05) is 43.0 Å². The van der Waals surface area contributed by atoms with E-state index in [0.717, 1.165) is 41.0 Å².